The van der Waals surface area contributed by atoms with Crippen molar-refractivity contribution < 1.29 is 31.5 Å². The Balaban J connectivity index is 2.36. The van der Waals surface area contributed by atoms with Crippen LogP contribution < -0.4 is 0 Å². The maximum absolute atomic E-state index is 13.8. The second-order valence-corrected chi connectivity index (χ2v) is 7.05. The molecule has 0 radical (unpaired) electrons. The highest BCUT2D eigenvalue weighted by Gasteiger charge is 2.51. The quantitative estimate of drug-likeness (QED) is 0.914. The third kappa shape index (κ3) is 2.82. The predicted molar refractivity (Wildman–Crippen MR) is 70.6 cm³/mol. The van der Waals surface area contributed by atoms with Crippen molar-refractivity contribution in [2.45, 2.75) is 24.2 Å². The summed E-state index contributed by atoms with van der Waals surface area (Å²) in [7, 11) is -4.31. The number of nitrogens with zero attached hydrogens (tertiary/aromatic N) is 1. The number of rotatable bonds is 3. The van der Waals surface area contributed by atoms with Crippen molar-refractivity contribution in [3.8, 4) is 0 Å². The molecule has 0 bridgehead atoms. The largest absolute Gasteiger partial charge is 0.481 e. The molecule has 0 spiro atoms. The summed E-state index contributed by atoms with van der Waals surface area (Å²) < 4.78 is 66.5. The molecule has 9 heteroatoms. The van der Waals surface area contributed by atoms with E-state index in [1.807, 2.05) is 0 Å². The molecule has 1 unspecified atom stereocenters. The molecule has 0 aromatic heterocycles. The van der Waals surface area contributed by atoms with Crippen LogP contribution in [0.2, 0.25) is 0 Å². The Morgan fingerprint density at radius 2 is 2.05 bits per heavy atom. The molecular formula is C13H14F3NO4S. The van der Waals surface area contributed by atoms with Crippen molar-refractivity contribution in [2.75, 3.05) is 13.1 Å². The van der Waals surface area contributed by atoms with E-state index in [1.165, 1.54) is 13.0 Å². The van der Waals surface area contributed by atoms with Gasteiger partial charge >= 0.3 is 5.97 Å². The molecular weight excluding hydrogens is 323 g/mol. The molecule has 2 rings (SSSR count). The summed E-state index contributed by atoms with van der Waals surface area (Å²) in [5.74, 6) is -8.02. The molecule has 122 valence electrons. The first-order chi connectivity index (χ1) is 10.1. The third-order valence-electron chi connectivity index (χ3n) is 3.70. The first-order valence-electron chi connectivity index (χ1n) is 6.43. The maximum atomic E-state index is 13.8. The van der Waals surface area contributed by atoms with Gasteiger partial charge in [-0.05, 0) is 25.5 Å². The third-order valence-corrected chi connectivity index (χ3v) is 5.69. The lowest BCUT2D eigenvalue weighted by molar-refractivity contribution is -0.163. The summed E-state index contributed by atoms with van der Waals surface area (Å²) in [5, 5.41) is 8.76. The summed E-state index contributed by atoms with van der Waals surface area (Å²) >= 11 is 0. The van der Waals surface area contributed by atoms with Gasteiger partial charge in [0, 0.05) is 12.1 Å². The van der Waals surface area contributed by atoms with Crippen molar-refractivity contribution >= 4 is 16.0 Å². The van der Waals surface area contributed by atoms with Gasteiger partial charge in [0.15, 0.2) is 0 Å². The Morgan fingerprint density at radius 1 is 1.41 bits per heavy atom. The molecule has 0 saturated carbocycles. The monoisotopic (exact) mass is 337 g/mol. The van der Waals surface area contributed by atoms with Crippen molar-refractivity contribution in [1.29, 1.82) is 0 Å². The first kappa shape index (κ1) is 16.8. The predicted octanol–water partition coefficient (Wildman–Crippen LogP) is 1.86. The summed E-state index contributed by atoms with van der Waals surface area (Å²) in [6.45, 7) is -0.350. The van der Waals surface area contributed by atoms with Gasteiger partial charge in [-0.2, -0.15) is 4.31 Å². The van der Waals surface area contributed by atoms with E-state index in [1.54, 1.807) is 0 Å². The molecule has 1 aliphatic heterocycles. The number of benzene rings is 1. The Bertz CT molecular complexity index is 705. The van der Waals surface area contributed by atoms with E-state index in [9.17, 15) is 26.4 Å². The van der Waals surface area contributed by atoms with Gasteiger partial charge in [0.2, 0.25) is 10.0 Å². The molecule has 0 aliphatic carbocycles. The summed E-state index contributed by atoms with van der Waals surface area (Å²) in [6.07, 6.45) is -0.504. The van der Waals surface area contributed by atoms with E-state index in [0.29, 0.717) is 4.31 Å². The summed E-state index contributed by atoms with van der Waals surface area (Å²) in [6, 6.07) is 3.38. The Morgan fingerprint density at radius 3 is 2.59 bits per heavy atom. The van der Waals surface area contributed by atoms with E-state index in [0.717, 1.165) is 12.1 Å². The minimum absolute atomic E-state index is 0.161. The average Bonchev–Trinajstić information content (AvgIpc) is 2.39. The van der Waals surface area contributed by atoms with Gasteiger partial charge in [0.1, 0.15) is 11.7 Å². The van der Waals surface area contributed by atoms with Crippen LogP contribution in [0.3, 0.4) is 0 Å². The van der Waals surface area contributed by atoms with Crippen LogP contribution in [0.5, 0.6) is 0 Å². The molecule has 1 heterocycles. The first-order valence-corrected chi connectivity index (χ1v) is 7.87. The molecule has 1 saturated heterocycles. The molecule has 1 aliphatic rings. The number of carboxylic acids is 1. The minimum atomic E-state index is -4.31. The topological polar surface area (TPSA) is 74.7 Å². The van der Waals surface area contributed by atoms with Crippen molar-refractivity contribution in [3.63, 3.8) is 0 Å². The molecule has 1 aromatic rings. The number of carbonyl (C=O) groups is 1. The minimum Gasteiger partial charge on any atom is -0.481 e. The number of aliphatic carboxylic acids is 1. The number of carboxylic acid groups (broad SMARTS) is 1. The van der Waals surface area contributed by atoms with Crippen LogP contribution >= 0.6 is 0 Å². The van der Waals surface area contributed by atoms with Gasteiger partial charge in [-0.3, -0.25) is 4.79 Å². The maximum Gasteiger partial charge on any atom is 0.312 e. The summed E-state index contributed by atoms with van der Waals surface area (Å²) in [4.78, 5) is 10.4. The zero-order valence-corrected chi connectivity index (χ0v) is 12.4. The Labute approximate surface area is 125 Å². The lowest BCUT2D eigenvalue weighted by Crippen LogP contribution is -2.52. The zero-order valence-electron chi connectivity index (χ0n) is 11.6. The highest BCUT2D eigenvalue weighted by atomic mass is 32.2. The van der Waals surface area contributed by atoms with Crippen LogP contribution in [0.15, 0.2) is 23.1 Å². The number of halogens is 3. The van der Waals surface area contributed by atoms with E-state index in [2.05, 4.69) is 0 Å². The van der Waals surface area contributed by atoms with Gasteiger partial charge < -0.3 is 5.11 Å². The molecule has 1 atom stereocenters. The molecule has 5 nitrogen and oxygen atoms in total. The second-order valence-electron chi connectivity index (χ2n) is 5.14. The fourth-order valence-corrected chi connectivity index (χ4v) is 4.13. The van der Waals surface area contributed by atoms with E-state index < -0.39 is 51.5 Å². The summed E-state index contributed by atoms with van der Waals surface area (Å²) in [5.41, 5.74) is -0.161. The lowest BCUT2D eigenvalue weighted by atomic mass is 9.94. The average molecular weight is 337 g/mol. The molecule has 22 heavy (non-hydrogen) atoms. The lowest BCUT2D eigenvalue weighted by Gasteiger charge is -2.35. The number of piperidine rings is 1. The number of alkyl halides is 2. The van der Waals surface area contributed by atoms with Gasteiger partial charge in [-0.15, -0.1) is 0 Å². The van der Waals surface area contributed by atoms with Crippen molar-refractivity contribution in [2.24, 2.45) is 5.92 Å². The zero-order chi connectivity index (χ0) is 16.7. The fraction of sp³-hybridized carbons (Fsp3) is 0.462. The smallest absolute Gasteiger partial charge is 0.312 e. The van der Waals surface area contributed by atoms with Crippen molar-refractivity contribution in [3.05, 3.63) is 29.6 Å². The standard InChI is InChI=1S/C13H14F3NO4S/c1-8-10(14)3-2-4-11(8)22(20,21)17-6-5-9(12(18)19)13(15,16)7-17/h2-4,9H,5-7H2,1H3,(H,18,19). The highest BCUT2D eigenvalue weighted by molar-refractivity contribution is 7.89. The van der Waals surface area contributed by atoms with E-state index in [4.69, 9.17) is 5.11 Å². The van der Waals surface area contributed by atoms with Gasteiger partial charge in [0.05, 0.1) is 11.4 Å². The molecule has 1 aromatic carbocycles. The van der Waals surface area contributed by atoms with E-state index >= 15 is 0 Å². The second kappa shape index (κ2) is 5.54. The molecule has 1 N–H and O–H groups in total. The normalized spacial score (nSPS) is 22.5. The SMILES string of the molecule is Cc1c(F)cccc1S(=O)(=O)N1CCC(C(=O)O)C(F)(F)C1. The Kier molecular flexibility index (Phi) is 4.22. The van der Waals surface area contributed by atoms with Gasteiger partial charge in [-0.1, -0.05) is 6.07 Å². The number of hydrogen-bond acceptors (Lipinski definition) is 3. The van der Waals surface area contributed by atoms with Gasteiger partial charge in [0.25, 0.3) is 5.92 Å². The van der Waals surface area contributed by atoms with Crippen LogP contribution in [0.25, 0.3) is 0 Å². The molecule has 1 fully saturated rings. The van der Waals surface area contributed by atoms with Crippen molar-refractivity contribution in [1.82, 2.24) is 4.31 Å². The van der Waals surface area contributed by atoms with E-state index in [-0.39, 0.29) is 12.1 Å². The van der Waals surface area contributed by atoms with Crippen LogP contribution in [-0.2, 0) is 14.8 Å². The fourth-order valence-electron chi connectivity index (χ4n) is 2.42. The number of hydrogen-bond donors (Lipinski definition) is 1. The highest BCUT2D eigenvalue weighted by Crippen LogP contribution is 2.36. The van der Waals surface area contributed by atoms with Crippen LogP contribution in [0.4, 0.5) is 13.2 Å². The van der Waals surface area contributed by atoms with Gasteiger partial charge in [-0.25, -0.2) is 21.6 Å². The van der Waals surface area contributed by atoms with Crippen LogP contribution in [0.1, 0.15) is 12.0 Å². The molecule has 0 amide bonds. The van der Waals surface area contributed by atoms with Crippen LogP contribution in [-0.4, -0.2) is 42.8 Å². The van der Waals surface area contributed by atoms with Crippen LogP contribution in [0, 0.1) is 18.7 Å². The Hall–Kier alpha value is -1.61. The number of sulfonamides is 1.